The van der Waals surface area contributed by atoms with Gasteiger partial charge in [0.2, 0.25) is 11.7 Å². The van der Waals surface area contributed by atoms with E-state index in [1.54, 1.807) is 0 Å². The molecule has 0 aliphatic rings. The summed E-state index contributed by atoms with van der Waals surface area (Å²) in [5.41, 5.74) is 5.03. The SMILES string of the molecule is CC(C)COc1ccnc(OC(=O)NC(=O)CN)c1O. The number of carbonyl (C=O) groups is 2. The quantitative estimate of drug-likeness (QED) is 0.714. The maximum absolute atomic E-state index is 11.3. The van der Waals surface area contributed by atoms with Crippen LogP contribution in [0.15, 0.2) is 12.3 Å². The van der Waals surface area contributed by atoms with E-state index in [4.69, 9.17) is 15.2 Å². The highest BCUT2D eigenvalue weighted by Crippen LogP contribution is 2.33. The molecule has 4 N–H and O–H groups in total. The molecule has 1 rings (SSSR count). The Labute approximate surface area is 115 Å². The van der Waals surface area contributed by atoms with Gasteiger partial charge < -0.3 is 20.3 Å². The molecule has 2 amide bonds. The van der Waals surface area contributed by atoms with Crippen LogP contribution < -0.4 is 20.5 Å². The van der Waals surface area contributed by atoms with Crippen molar-refractivity contribution in [2.75, 3.05) is 13.2 Å². The number of aromatic hydroxyl groups is 1. The number of hydrogen-bond acceptors (Lipinski definition) is 7. The van der Waals surface area contributed by atoms with E-state index in [0.717, 1.165) is 0 Å². The number of nitrogens with zero attached hydrogens (tertiary/aromatic N) is 1. The number of rotatable bonds is 5. The van der Waals surface area contributed by atoms with Gasteiger partial charge in [-0.3, -0.25) is 10.1 Å². The molecule has 0 atom stereocenters. The fraction of sp³-hybridized carbons (Fsp3) is 0.417. The molecule has 0 bridgehead atoms. The van der Waals surface area contributed by atoms with E-state index in [2.05, 4.69) is 4.98 Å². The zero-order valence-electron chi connectivity index (χ0n) is 11.3. The predicted octanol–water partition coefficient (Wildman–Crippen LogP) is 0.396. The summed E-state index contributed by atoms with van der Waals surface area (Å²) >= 11 is 0. The van der Waals surface area contributed by atoms with E-state index in [0.29, 0.717) is 6.61 Å². The Hall–Kier alpha value is -2.35. The van der Waals surface area contributed by atoms with Crippen LogP contribution in [-0.4, -0.2) is 35.2 Å². The lowest BCUT2D eigenvalue weighted by Crippen LogP contribution is -2.37. The van der Waals surface area contributed by atoms with Crippen molar-refractivity contribution in [3.63, 3.8) is 0 Å². The fourth-order valence-corrected chi connectivity index (χ4v) is 1.14. The summed E-state index contributed by atoms with van der Waals surface area (Å²) < 4.78 is 10.0. The minimum atomic E-state index is -1.08. The van der Waals surface area contributed by atoms with Crippen LogP contribution in [0, 0.1) is 5.92 Å². The Kier molecular flexibility index (Phi) is 5.73. The van der Waals surface area contributed by atoms with Gasteiger partial charge in [0.15, 0.2) is 5.75 Å². The summed E-state index contributed by atoms with van der Waals surface area (Å²) in [5.74, 6) is -1.07. The lowest BCUT2D eigenvalue weighted by atomic mass is 10.2. The first kappa shape index (κ1) is 15.7. The zero-order chi connectivity index (χ0) is 15.1. The first-order valence-electron chi connectivity index (χ1n) is 5.96. The number of carbonyl (C=O) groups excluding carboxylic acids is 2. The van der Waals surface area contributed by atoms with Crippen molar-refractivity contribution in [1.82, 2.24) is 10.3 Å². The lowest BCUT2D eigenvalue weighted by molar-refractivity contribution is -0.118. The van der Waals surface area contributed by atoms with Crippen LogP contribution in [0.25, 0.3) is 0 Å². The normalized spacial score (nSPS) is 10.2. The predicted molar refractivity (Wildman–Crippen MR) is 69.5 cm³/mol. The Morgan fingerprint density at radius 3 is 2.80 bits per heavy atom. The molecule has 0 aliphatic carbocycles. The number of amides is 2. The number of aromatic nitrogens is 1. The number of ether oxygens (including phenoxy) is 2. The molecule has 0 unspecified atom stereocenters. The second-order valence-electron chi connectivity index (χ2n) is 4.31. The van der Waals surface area contributed by atoms with E-state index in [-0.39, 0.29) is 24.1 Å². The van der Waals surface area contributed by atoms with Crippen molar-refractivity contribution < 1.29 is 24.2 Å². The molecule has 8 nitrogen and oxygen atoms in total. The number of nitrogens with two attached hydrogens (primary N) is 1. The average molecular weight is 283 g/mol. The summed E-state index contributed by atoms with van der Waals surface area (Å²) in [7, 11) is 0. The van der Waals surface area contributed by atoms with Gasteiger partial charge >= 0.3 is 6.09 Å². The minimum Gasteiger partial charge on any atom is -0.501 e. The Bertz CT molecular complexity index is 490. The molecule has 0 aliphatic heterocycles. The van der Waals surface area contributed by atoms with Gasteiger partial charge in [0.25, 0.3) is 5.88 Å². The highest BCUT2D eigenvalue weighted by molar-refractivity contribution is 5.93. The van der Waals surface area contributed by atoms with Gasteiger partial charge in [0.05, 0.1) is 13.2 Å². The van der Waals surface area contributed by atoms with Gasteiger partial charge in [-0.25, -0.2) is 9.78 Å². The van der Waals surface area contributed by atoms with Gasteiger partial charge in [-0.15, -0.1) is 0 Å². The molecule has 0 saturated carbocycles. The summed E-state index contributed by atoms with van der Waals surface area (Å²) in [6.45, 7) is 3.92. The summed E-state index contributed by atoms with van der Waals surface area (Å²) in [4.78, 5) is 25.9. The van der Waals surface area contributed by atoms with Gasteiger partial charge in [-0.1, -0.05) is 13.8 Å². The van der Waals surface area contributed by atoms with Gasteiger partial charge in [-0.2, -0.15) is 0 Å². The minimum absolute atomic E-state index is 0.140. The first-order chi connectivity index (χ1) is 9.43. The van der Waals surface area contributed by atoms with Crippen LogP contribution in [-0.2, 0) is 4.79 Å². The van der Waals surface area contributed by atoms with Gasteiger partial charge in [0.1, 0.15) is 0 Å². The molecule has 0 fully saturated rings. The van der Waals surface area contributed by atoms with Gasteiger partial charge in [0, 0.05) is 12.3 Å². The lowest BCUT2D eigenvalue weighted by Gasteiger charge is -2.11. The molecule has 1 aromatic heterocycles. The Balaban J connectivity index is 2.73. The van der Waals surface area contributed by atoms with Crippen LogP contribution in [0.5, 0.6) is 17.4 Å². The summed E-state index contributed by atoms with van der Waals surface area (Å²) in [6.07, 6.45) is 0.229. The molecule has 8 heteroatoms. The highest BCUT2D eigenvalue weighted by atomic mass is 16.6. The van der Waals surface area contributed by atoms with Crippen LogP contribution in [0.2, 0.25) is 0 Å². The highest BCUT2D eigenvalue weighted by Gasteiger charge is 2.16. The second kappa shape index (κ2) is 7.29. The largest absolute Gasteiger partial charge is 0.501 e. The number of pyridine rings is 1. The van der Waals surface area contributed by atoms with E-state index in [9.17, 15) is 14.7 Å². The van der Waals surface area contributed by atoms with Crippen LogP contribution in [0.1, 0.15) is 13.8 Å². The molecule has 0 radical (unpaired) electrons. The van der Waals surface area contributed by atoms with E-state index in [1.807, 2.05) is 19.2 Å². The average Bonchev–Trinajstić information content (AvgIpc) is 2.39. The first-order valence-corrected chi connectivity index (χ1v) is 5.96. The van der Waals surface area contributed by atoms with Crippen LogP contribution in [0.4, 0.5) is 4.79 Å². The van der Waals surface area contributed by atoms with Crippen molar-refractivity contribution in [1.29, 1.82) is 0 Å². The van der Waals surface area contributed by atoms with Crippen molar-refractivity contribution in [3.8, 4) is 17.4 Å². The molecular formula is C12H17N3O5. The molecule has 0 saturated heterocycles. The number of nitrogens with one attached hydrogen (secondary N) is 1. The maximum Gasteiger partial charge on any atom is 0.420 e. The topological polar surface area (TPSA) is 124 Å². The van der Waals surface area contributed by atoms with Crippen molar-refractivity contribution >= 4 is 12.0 Å². The summed E-state index contributed by atoms with van der Waals surface area (Å²) in [5, 5.41) is 11.7. The molecular weight excluding hydrogens is 266 g/mol. The van der Waals surface area contributed by atoms with E-state index in [1.165, 1.54) is 12.3 Å². The smallest absolute Gasteiger partial charge is 0.420 e. The molecule has 1 aromatic rings. The van der Waals surface area contributed by atoms with Crippen molar-refractivity contribution in [2.24, 2.45) is 11.7 Å². The van der Waals surface area contributed by atoms with Crippen LogP contribution in [0.3, 0.4) is 0 Å². The van der Waals surface area contributed by atoms with E-state index >= 15 is 0 Å². The van der Waals surface area contributed by atoms with E-state index < -0.39 is 17.7 Å². The third kappa shape index (κ3) is 4.73. The molecule has 110 valence electrons. The maximum atomic E-state index is 11.3. The van der Waals surface area contributed by atoms with Crippen LogP contribution >= 0.6 is 0 Å². The van der Waals surface area contributed by atoms with Crippen molar-refractivity contribution in [2.45, 2.75) is 13.8 Å². The fourth-order valence-electron chi connectivity index (χ4n) is 1.14. The Morgan fingerprint density at radius 1 is 1.50 bits per heavy atom. The number of imide groups is 1. The van der Waals surface area contributed by atoms with Crippen molar-refractivity contribution in [3.05, 3.63) is 12.3 Å². The monoisotopic (exact) mass is 283 g/mol. The third-order valence-electron chi connectivity index (χ3n) is 2.04. The molecule has 1 heterocycles. The molecule has 0 spiro atoms. The molecule has 20 heavy (non-hydrogen) atoms. The summed E-state index contributed by atoms with van der Waals surface area (Å²) in [6, 6.07) is 1.44. The number of hydrogen-bond donors (Lipinski definition) is 3. The van der Waals surface area contributed by atoms with Gasteiger partial charge in [-0.05, 0) is 5.92 Å². The zero-order valence-corrected chi connectivity index (χ0v) is 11.3. The standard InChI is InChI=1S/C12H17N3O5/c1-7(2)6-19-8-3-4-14-11(10(8)17)20-12(18)15-9(16)5-13/h3-4,7,17H,5-6,13H2,1-2H3,(H,15,16,18). The molecule has 0 aromatic carbocycles. The second-order valence-corrected chi connectivity index (χ2v) is 4.31. The Morgan fingerprint density at radius 2 is 2.20 bits per heavy atom. The third-order valence-corrected chi connectivity index (χ3v) is 2.04.